The molecule has 0 aromatic rings. The lowest BCUT2D eigenvalue weighted by Crippen LogP contribution is -2.14. The average molecular weight is 182 g/mol. The Balaban J connectivity index is 0. The molecule has 0 heterocycles. The van der Waals surface area contributed by atoms with Crippen LogP contribution in [0.1, 0.15) is 27.7 Å². The van der Waals surface area contributed by atoms with Crippen LogP contribution in [-0.4, -0.2) is 24.7 Å². The average Bonchev–Trinajstić information content (AvgIpc) is 2.16. The summed E-state index contributed by atoms with van der Waals surface area (Å²) in [5.74, 6) is 0.774. The van der Waals surface area contributed by atoms with E-state index >= 15 is 0 Å². The molecule has 2 nitrogen and oxygen atoms in total. The fourth-order valence-electron chi connectivity index (χ4n) is 0.466. The van der Waals surface area contributed by atoms with E-state index in [1.54, 1.807) is 6.21 Å². The number of allylic oxidation sites excluding steroid dienone is 1. The second-order valence-electron chi connectivity index (χ2n) is 2.53. The number of rotatable bonds is 4. The number of aliphatic imine (C=N–C) groups is 1. The first-order valence-electron chi connectivity index (χ1n) is 4.67. The zero-order valence-electron chi connectivity index (χ0n) is 9.59. The van der Waals surface area contributed by atoms with Crippen molar-refractivity contribution in [2.75, 3.05) is 13.6 Å². The molecule has 0 saturated heterocycles. The van der Waals surface area contributed by atoms with Gasteiger partial charge in [0.2, 0.25) is 0 Å². The Morgan fingerprint density at radius 1 is 1.38 bits per heavy atom. The summed E-state index contributed by atoms with van der Waals surface area (Å²) < 4.78 is 0. The Morgan fingerprint density at radius 3 is 2.15 bits per heavy atom. The van der Waals surface area contributed by atoms with Crippen molar-refractivity contribution in [1.29, 1.82) is 0 Å². The normalized spacial score (nSPS) is 9.00. The van der Waals surface area contributed by atoms with E-state index in [0.717, 1.165) is 17.9 Å². The molecular formula is C11H22N2. The standard InChI is InChI=1S/C9H16N2.C2H6/c1-6-11(5)9(4)10-7-8(2)3;1-2/h7H,2,4,6H2,1,3,5H3;1-2H3/b10-7-;. The van der Waals surface area contributed by atoms with Crippen LogP contribution in [0.25, 0.3) is 0 Å². The molecule has 0 bridgehead atoms. The fraction of sp³-hybridized carbons (Fsp3) is 0.545. The Hall–Kier alpha value is -1.05. The van der Waals surface area contributed by atoms with Crippen LogP contribution in [0, 0.1) is 0 Å². The molecule has 0 rings (SSSR count). The highest BCUT2D eigenvalue weighted by molar-refractivity contribution is 5.77. The second-order valence-corrected chi connectivity index (χ2v) is 2.53. The Kier molecular flexibility index (Phi) is 10.1. The zero-order valence-corrected chi connectivity index (χ0v) is 9.59. The van der Waals surface area contributed by atoms with Crippen LogP contribution in [0.15, 0.2) is 29.5 Å². The minimum atomic E-state index is 0.774. The van der Waals surface area contributed by atoms with Crippen LogP contribution in [0.4, 0.5) is 0 Å². The van der Waals surface area contributed by atoms with E-state index in [4.69, 9.17) is 0 Å². The highest BCUT2D eigenvalue weighted by Gasteiger charge is 1.93. The summed E-state index contributed by atoms with van der Waals surface area (Å²) in [6, 6.07) is 0. The third-order valence-electron chi connectivity index (χ3n) is 1.35. The molecule has 0 amide bonds. The first-order chi connectivity index (χ1) is 6.07. The van der Waals surface area contributed by atoms with Crippen LogP contribution in [0.5, 0.6) is 0 Å². The van der Waals surface area contributed by atoms with E-state index in [1.807, 2.05) is 32.7 Å². The maximum atomic E-state index is 4.10. The van der Waals surface area contributed by atoms with Gasteiger partial charge in [0.1, 0.15) is 5.82 Å². The maximum absolute atomic E-state index is 4.10. The number of hydrogen-bond acceptors (Lipinski definition) is 2. The van der Waals surface area contributed by atoms with Crippen LogP contribution >= 0.6 is 0 Å². The lowest BCUT2D eigenvalue weighted by Gasteiger charge is -2.14. The van der Waals surface area contributed by atoms with Gasteiger partial charge in [-0.1, -0.05) is 27.0 Å². The fourth-order valence-corrected chi connectivity index (χ4v) is 0.466. The maximum Gasteiger partial charge on any atom is 0.120 e. The van der Waals surface area contributed by atoms with E-state index in [9.17, 15) is 0 Å². The van der Waals surface area contributed by atoms with E-state index in [1.165, 1.54) is 0 Å². The summed E-state index contributed by atoms with van der Waals surface area (Å²) in [5, 5.41) is 0. The summed E-state index contributed by atoms with van der Waals surface area (Å²) in [7, 11) is 1.96. The predicted molar refractivity (Wildman–Crippen MR) is 62.1 cm³/mol. The van der Waals surface area contributed by atoms with Crippen molar-refractivity contribution in [3.8, 4) is 0 Å². The van der Waals surface area contributed by atoms with Crippen molar-refractivity contribution in [1.82, 2.24) is 4.90 Å². The third-order valence-corrected chi connectivity index (χ3v) is 1.35. The van der Waals surface area contributed by atoms with Gasteiger partial charge in [0.25, 0.3) is 0 Å². The smallest absolute Gasteiger partial charge is 0.120 e. The van der Waals surface area contributed by atoms with Gasteiger partial charge < -0.3 is 4.90 Å². The molecule has 0 saturated carbocycles. The molecule has 0 N–H and O–H groups in total. The van der Waals surface area contributed by atoms with Gasteiger partial charge in [-0.3, -0.25) is 0 Å². The van der Waals surface area contributed by atoms with Crippen molar-refractivity contribution < 1.29 is 0 Å². The Labute approximate surface area is 82.7 Å². The summed E-state index contributed by atoms with van der Waals surface area (Å²) in [6.07, 6.45) is 1.72. The van der Waals surface area contributed by atoms with Gasteiger partial charge in [-0.05, 0) is 19.4 Å². The minimum absolute atomic E-state index is 0.774. The highest BCUT2D eigenvalue weighted by Crippen LogP contribution is 1.98. The third kappa shape index (κ3) is 8.86. The Bertz CT molecular complexity index is 181. The van der Waals surface area contributed by atoms with Gasteiger partial charge in [-0.25, -0.2) is 4.99 Å². The van der Waals surface area contributed by atoms with Crippen molar-refractivity contribution in [3.63, 3.8) is 0 Å². The van der Waals surface area contributed by atoms with Crippen molar-refractivity contribution >= 4 is 6.21 Å². The quantitative estimate of drug-likeness (QED) is 0.610. The van der Waals surface area contributed by atoms with E-state index in [0.29, 0.717) is 0 Å². The molecule has 0 aromatic carbocycles. The molecule has 13 heavy (non-hydrogen) atoms. The topological polar surface area (TPSA) is 15.6 Å². The van der Waals surface area contributed by atoms with Crippen LogP contribution in [0.3, 0.4) is 0 Å². The summed E-state index contributed by atoms with van der Waals surface area (Å²) in [6.45, 7) is 16.4. The molecule has 0 fully saturated rings. The summed E-state index contributed by atoms with van der Waals surface area (Å²) >= 11 is 0. The van der Waals surface area contributed by atoms with E-state index in [2.05, 4.69) is 25.1 Å². The largest absolute Gasteiger partial charge is 0.360 e. The van der Waals surface area contributed by atoms with Gasteiger partial charge in [-0.15, -0.1) is 0 Å². The second kappa shape index (κ2) is 9.04. The van der Waals surface area contributed by atoms with Crippen LogP contribution in [0.2, 0.25) is 0 Å². The molecule has 0 spiro atoms. The van der Waals surface area contributed by atoms with Crippen LogP contribution in [-0.2, 0) is 0 Å². The molecule has 0 atom stereocenters. The minimum Gasteiger partial charge on any atom is -0.360 e. The Morgan fingerprint density at radius 2 is 1.85 bits per heavy atom. The zero-order chi connectivity index (χ0) is 10.9. The van der Waals surface area contributed by atoms with E-state index in [-0.39, 0.29) is 0 Å². The SMILES string of the molecule is C=C(C)/C=N\C(=C)N(C)CC.CC. The lowest BCUT2D eigenvalue weighted by atomic mass is 10.4. The van der Waals surface area contributed by atoms with Gasteiger partial charge in [0.05, 0.1) is 0 Å². The molecular weight excluding hydrogens is 160 g/mol. The van der Waals surface area contributed by atoms with Gasteiger partial charge in [0, 0.05) is 19.8 Å². The monoisotopic (exact) mass is 182 g/mol. The molecule has 76 valence electrons. The molecule has 0 aliphatic rings. The number of hydrogen-bond donors (Lipinski definition) is 0. The van der Waals surface area contributed by atoms with Gasteiger partial charge >= 0.3 is 0 Å². The summed E-state index contributed by atoms with van der Waals surface area (Å²) in [4.78, 5) is 6.07. The molecule has 0 aliphatic carbocycles. The first-order valence-corrected chi connectivity index (χ1v) is 4.67. The molecule has 0 aromatic heterocycles. The molecule has 2 heteroatoms. The van der Waals surface area contributed by atoms with Crippen molar-refractivity contribution in [2.45, 2.75) is 27.7 Å². The van der Waals surface area contributed by atoms with Crippen molar-refractivity contribution in [2.24, 2.45) is 4.99 Å². The first kappa shape index (κ1) is 14.5. The molecule has 0 radical (unpaired) electrons. The predicted octanol–water partition coefficient (Wildman–Crippen LogP) is 3.08. The van der Waals surface area contributed by atoms with Crippen LogP contribution < -0.4 is 0 Å². The van der Waals surface area contributed by atoms with Gasteiger partial charge in [-0.2, -0.15) is 0 Å². The highest BCUT2D eigenvalue weighted by atomic mass is 15.2. The van der Waals surface area contributed by atoms with E-state index < -0.39 is 0 Å². The summed E-state index contributed by atoms with van der Waals surface area (Å²) in [5.41, 5.74) is 0.940. The van der Waals surface area contributed by atoms with Gasteiger partial charge in [0.15, 0.2) is 0 Å². The molecule has 0 unspecified atom stereocenters. The van der Waals surface area contributed by atoms with Crippen molar-refractivity contribution in [3.05, 3.63) is 24.6 Å². The number of nitrogens with zero attached hydrogens (tertiary/aromatic N) is 2. The molecule has 0 aliphatic heterocycles. The lowest BCUT2D eigenvalue weighted by molar-refractivity contribution is 0.440.